The van der Waals surface area contributed by atoms with Gasteiger partial charge < -0.3 is 0 Å². The minimum atomic E-state index is 0.404. The fraction of sp³-hybridized carbons (Fsp3) is 0.867. The van der Waals surface area contributed by atoms with Gasteiger partial charge in [-0.15, -0.1) is 0 Å². The summed E-state index contributed by atoms with van der Waals surface area (Å²) in [6, 6.07) is 0.404. The van der Waals surface area contributed by atoms with E-state index in [1.54, 1.807) is 6.33 Å². The molecule has 0 amide bonds. The monoisotopic (exact) mass is 327 g/mol. The van der Waals surface area contributed by atoms with Crippen LogP contribution in [-0.4, -0.2) is 19.6 Å². The van der Waals surface area contributed by atoms with Crippen molar-refractivity contribution in [2.45, 2.75) is 70.2 Å². The second-order valence-electron chi connectivity index (χ2n) is 6.16. The molecule has 0 saturated heterocycles. The number of hydrogen-bond acceptors (Lipinski definition) is 2. The summed E-state index contributed by atoms with van der Waals surface area (Å²) >= 11 is 3.88. The Bertz CT molecular complexity index is 388. The number of rotatable bonds is 5. The molecular formula is C15H26BrN3. The highest BCUT2D eigenvalue weighted by Crippen LogP contribution is 2.37. The molecule has 3 nitrogen and oxygen atoms in total. The summed E-state index contributed by atoms with van der Waals surface area (Å²) in [5.74, 6) is 2.79. The molecule has 3 unspecified atom stereocenters. The maximum atomic E-state index is 4.47. The largest absolute Gasteiger partial charge is 0.248 e. The van der Waals surface area contributed by atoms with Crippen molar-refractivity contribution < 1.29 is 0 Å². The van der Waals surface area contributed by atoms with Gasteiger partial charge in [0.1, 0.15) is 12.2 Å². The molecule has 0 spiro atoms. The lowest BCUT2D eigenvalue weighted by molar-refractivity contribution is 0.257. The van der Waals surface area contributed by atoms with Gasteiger partial charge in [0, 0.05) is 17.3 Å². The van der Waals surface area contributed by atoms with Crippen molar-refractivity contribution in [2.75, 3.05) is 0 Å². The normalized spacial score (nSPS) is 27.9. The van der Waals surface area contributed by atoms with Gasteiger partial charge in [-0.1, -0.05) is 35.7 Å². The molecule has 1 aliphatic rings. The Morgan fingerprint density at radius 3 is 2.89 bits per heavy atom. The van der Waals surface area contributed by atoms with Crippen LogP contribution in [0.4, 0.5) is 0 Å². The van der Waals surface area contributed by atoms with Crippen LogP contribution >= 0.6 is 15.9 Å². The molecular weight excluding hydrogens is 302 g/mol. The average Bonchev–Trinajstić information content (AvgIpc) is 2.82. The predicted molar refractivity (Wildman–Crippen MR) is 82.6 cm³/mol. The zero-order valence-electron chi connectivity index (χ0n) is 12.3. The maximum absolute atomic E-state index is 4.47. The first-order valence-corrected chi connectivity index (χ1v) is 8.55. The zero-order valence-corrected chi connectivity index (χ0v) is 13.9. The molecule has 0 N–H and O–H groups in total. The molecule has 1 saturated carbocycles. The lowest BCUT2D eigenvalue weighted by Crippen LogP contribution is -2.28. The van der Waals surface area contributed by atoms with Crippen LogP contribution in [0.2, 0.25) is 0 Å². The minimum absolute atomic E-state index is 0.404. The van der Waals surface area contributed by atoms with Crippen molar-refractivity contribution >= 4 is 15.9 Å². The molecule has 1 heterocycles. The Kier molecular flexibility index (Phi) is 5.43. The molecule has 0 bridgehead atoms. The van der Waals surface area contributed by atoms with Crippen LogP contribution in [0.25, 0.3) is 0 Å². The van der Waals surface area contributed by atoms with Gasteiger partial charge in [0.15, 0.2) is 0 Å². The van der Waals surface area contributed by atoms with Crippen molar-refractivity contribution in [2.24, 2.45) is 11.8 Å². The van der Waals surface area contributed by atoms with Crippen molar-refractivity contribution in [1.29, 1.82) is 0 Å². The number of aromatic nitrogens is 3. The minimum Gasteiger partial charge on any atom is -0.248 e. The summed E-state index contributed by atoms with van der Waals surface area (Å²) in [5.41, 5.74) is 0. The number of halogens is 1. The molecule has 3 atom stereocenters. The van der Waals surface area contributed by atoms with E-state index < -0.39 is 0 Å². The molecule has 108 valence electrons. The highest BCUT2D eigenvalue weighted by molar-refractivity contribution is 9.09. The van der Waals surface area contributed by atoms with Crippen LogP contribution in [0.5, 0.6) is 0 Å². The first-order valence-electron chi connectivity index (χ1n) is 7.64. The molecule has 0 aliphatic heterocycles. The number of hydrogen-bond donors (Lipinski definition) is 0. The Hall–Kier alpha value is -0.380. The number of nitrogens with zero attached hydrogens (tertiary/aromatic N) is 3. The van der Waals surface area contributed by atoms with Crippen molar-refractivity contribution in [1.82, 2.24) is 14.8 Å². The summed E-state index contributed by atoms with van der Waals surface area (Å²) < 4.78 is 2.07. The van der Waals surface area contributed by atoms with Crippen LogP contribution in [0.3, 0.4) is 0 Å². The van der Waals surface area contributed by atoms with E-state index in [4.69, 9.17) is 0 Å². The highest BCUT2D eigenvalue weighted by atomic mass is 79.9. The second kappa shape index (κ2) is 6.87. The van der Waals surface area contributed by atoms with E-state index in [1.165, 1.54) is 32.1 Å². The van der Waals surface area contributed by atoms with E-state index in [-0.39, 0.29) is 0 Å². The lowest BCUT2D eigenvalue weighted by Gasteiger charge is -2.33. The fourth-order valence-electron chi connectivity index (χ4n) is 3.29. The molecule has 0 radical (unpaired) electrons. The lowest BCUT2D eigenvalue weighted by atomic mass is 9.78. The maximum Gasteiger partial charge on any atom is 0.138 e. The first-order chi connectivity index (χ1) is 9.11. The molecule has 19 heavy (non-hydrogen) atoms. The second-order valence-corrected chi connectivity index (χ2v) is 7.34. The third kappa shape index (κ3) is 3.80. The molecule has 1 aromatic heterocycles. The Morgan fingerprint density at radius 2 is 2.21 bits per heavy atom. The van der Waals surface area contributed by atoms with E-state index >= 15 is 0 Å². The van der Waals surface area contributed by atoms with Gasteiger partial charge in [0.25, 0.3) is 0 Å². The molecule has 1 aromatic rings. The summed E-state index contributed by atoms with van der Waals surface area (Å²) in [5, 5.41) is 4.35. The topological polar surface area (TPSA) is 30.7 Å². The van der Waals surface area contributed by atoms with Gasteiger partial charge in [0.2, 0.25) is 0 Å². The van der Waals surface area contributed by atoms with Crippen molar-refractivity contribution in [3.05, 3.63) is 12.2 Å². The third-order valence-electron chi connectivity index (χ3n) is 4.28. The van der Waals surface area contributed by atoms with E-state index in [0.717, 1.165) is 18.2 Å². The summed E-state index contributed by atoms with van der Waals surface area (Å²) in [7, 11) is 0. The van der Waals surface area contributed by atoms with Gasteiger partial charge in [0.05, 0.1) is 0 Å². The first kappa shape index (κ1) is 15.0. The predicted octanol–water partition coefficient (Wildman–Crippen LogP) is 4.38. The van der Waals surface area contributed by atoms with Gasteiger partial charge >= 0.3 is 0 Å². The highest BCUT2D eigenvalue weighted by Gasteiger charge is 2.29. The molecule has 0 aromatic carbocycles. The van der Waals surface area contributed by atoms with Gasteiger partial charge in [-0.25, -0.2) is 9.67 Å². The summed E-state index contributed by atoms with van der Waals surface area (Å²) in [6.45, 7) is 6.64. The standard InChI is InChI=1S/C15H26BrN3/c1-4-5-12-6-7-14(16)13(8-12)9-15-17-10-18-19(15)11(2)3/h10-14H,4-9H2,1-3H3. The van der Waals surface area contributed by atoms with Crippen molar-refractivity contribution in [3.8, 4) is 0 Å². The quantitative estimate of drug-likeness (QED) is 0.751. The van der Waals surface area contributed by atoms with Crippen molar-refractivity contribution in [3.63, 3.8) is 0 Å². The fourth-order valence-corrected chi connectivity index (χ4v) is 3.96. The molecule has 1 fully saturated rings. The van der Waals surface area contributed by atoms with Gasteiger partial charge in [-0.2, -0.15) is 5.10 Å². The van der Waals surface area contributed by atoms with Gasteiger partial charge in [-0.05, 0) is 44.9 Å². The summed E-state index contributed by atoms with van der Waals surface area (Å²) in [4.78, 5) is 5.12. The Labute approximate surface area is 125 Å². The van der Waals surface area contributed by atoms with Crippen LogP contribution in [0.15, 0.2) is 6.33 Å². The Morgan fingerprint density at radius 1 is 1.42 bits per heavy atom. The SMILES string of the molecule is CCCC1CCC(Br)C(Cc2ncnn2C(C)C)C1. The summed E-state index contributed by atoms with van der Waals surface area (Å²) in [6.07, 6.45) is 9.50. The number of alkyl halides is 1. The average molecular weight is 328 g/mol. The van der Waals surface area contributed by atoms with Crippen LogP contribution in [0.1, 0.15) is 64.7 Å². The van der Waals surface area contributed by atoms with Crippen LogP contribution < -0.4 is 0 Å². The van der Waals surface area contributed by atoms with E-state index in [1.807, 2.05) is 0 Å². The van der Waals surface area contributed by atoms with E-state index in [9.17, 15) is 0 Å². The van der Waals surface area contributed by atoms with Gasteiger partial charge in [-0.3, -0.25) is 0 Å². The molecule has 4 heteroatoms. The smallest absolute Gasteiger partial charge is 0.138 e. The molecule has 1 aliphatic carbocycles. The zero-order chi connectivity index (χ0) is 13.8. The third-order valence-corrected chi connectivity index (χ3v) is 5.48. The van der Waals surface area contributed by atoms with Crippen LogP contribution in [0, 0.1) is 11.8 Å². The van der Waals surface area contributed by atoms with E-state index in [0.29, 0.717) is 16.8 Å². The molecule has 2 rings (SSSR count). The Balaban J connectivity index is 2.01. The van der Waals surface area contributed by atoms with E-state index in [2.05, 4.69) is 51.5 Å². The van der Waals surface area contributed by atoms with Crippen LogP contribution in [-0.2, 0) is 6.42 Å².